The van der Waals surface area contributed by atoms with Gasteiger partial charge in [-0.1, -0.05) is 32.6 Å². The van der Waals surface area contributed by atoms with E-state index in [-0.39, 0.29) is 11.1 Å². The Labute approximate surface area is 169 Å². The first-order chi connectivity index (χ1) is 14.0. The molecule has 0 N–H and O–H groups in total. The van der Waals surface area contributed by atoms with Gasteiger partial charge in [0.25, 0.3) is 0 Å². The highest BCUT2D eigenvalue weighted by Crippen LogP contribution is 2.41. The van der Waals surface area contributed by atoms with Crippen molar-refractivity contribution in [2.75, 3.05) is 6.61 Å². The maximum absolute atomic E-state index is 14.7. The highest BCUT2D eigenvalue weighted by molar-refractivity contribution is 5.67. The Morgan fingerprint density at radius 3 is 2.21 bits per heavy atom. The van der Waals surface area contributed by atoms with Crippen molar-refractivity contribution < 1.29 is 22.3 Å². The fourth-order valence-electron chi connectivity index (χ4n) is 5.02. The summed E-state index contributed by atoms with van der Waals surface area (Å²) in [5.74, 6) is -2.46. The van der Waals surface area contributed by atoms with E-state index in [0.29, 0.717) is 24.2 Å². The molecule has 2 aromatic carbocycles. The van der Waals surface area contributed by atoms with E-state index < -0.39 is 23.3 Å². The molecule has 0 saturated heterocycles. The Morgan fingerprint density at radius 1 is 0.862 bits per heavy atom. The fourth-order valence-corrected chi connectivity index (χ4v) is 5.02. The van der Waals surface area contributed by atoms with Crippen LogP contribution in [0.1, 0.15) is 51.0 Å². The summed E-state index contributed by atoms with van der Waals surface area (Å²) in [7, 11) is 0. The summed E-state index contributed by atoms with van der Waals surface area (Å²) in [6.45, 7) is 2.81. The molecule has 0 radical (unpaired) electrons. The third-order valence-electron chi connectivity index (χ3n) is 6.64. The van der Waals surface area contributed by atoms with E-state index in [1.165, 1.54) is 50.7 Å². The van der Waals surface area contributed by atoms with Crippen LogP contribution in [0.25, 0.3) is 11.1 Å². The Kier molecular flexibility index (Phi) is 5.84. The smallest absolute Gasteiger partial charge is 0.194 e. The summed E-state index contributed by atoms with van der Waals surface area (Å²) in [4.78, 5) is 0. The molecule has 0 aromatic heterocycles. The number of hydrogen-bond donors (Lipinski definition) is 0. The summed E-state index contributed by atoms with van der Waals surface area (Å²) in [5, 5.41) is 0. The van der Waals surface area contributed by atoms with E-state index in [1.807, 2.05) is 0 Å². The highest BCUT2D eigenvalue weighted by Gasteiger charge is 2.31. The molecule has 1 aliphatic carbocycles. The number of benzene rings is 2. The summed E-state index contributed by atoms with van der Waals surface area (Å²) >= 11 is 0. The van der Waals surface area contributed by atoms with E-state index in [1.54, 1.807) is 0 Å². The second kappa shape index (κ2) is 8.37. The largest absolute Gasteiger partial charge is 0.493 e. The molecule has 1 atom stereocenters. The van der Waals surface area contributed by atoms with Gasteiger partial charge in [-0.15, -0.1) is 0 Å². The van der Waals surface area contributed by atoms with Gasteiger partial charge in [-0.25, -0.2) is 17.6 Å². The maximum Gasteiger partial charge on any atom is 0.194 e. The van der Waals surface area contributed by atoms with Crippen LogP contribution in [0.2, 0.25) is 0 Å². The van der Waals surface area contributed by atoms with Gasteiger partial charge >= 0.3 is 0 Å². The summed E-state index contributed by atoms with van der Waals surface area (Å²) in [6, 6.07) is 4.50. The molecular weight excluding hydrogens is 380 g/mol. The van der Waals surface area contributed by atoms with Crippen LogP contribution in [-0.4, -0.2) is 6.61 Å². The number of hydrogen-bond acceptors (Lipinski definition) is 1. The molecular formula is C24H26F4O. The molecule has 5 heteroatoms. The minimum atomic E-state index is -1.56. The first-order valence-corrected chi connectivity index (χ1v) is 10.6. The van der Waals surface area contributed by atoms with Gasteiger partial charge in [0.05, 0.1) is 6.61 Å². The van der Waals surface area contributed by atoms with Crippen LogP contribution in [0.4, 0.5) is 17.6 Å². The molecule has 156 valence electrons. The molecule has 1 nitrogen and oxygen atoms in total. The Balaban J connectivity index is 1.52. The van der Waals surface area contributed by atoms with Crippen LogP contribution >= 0.6 is 0 Å². The van der Waals surface area contributed by atoms with Crippen molar-refractivity contribution >= 4 is 0 Å². The lowest BCUT2D eigenvalue weighted by molar-refractivity contribution is 0.125. The zero-order valence-corrected chi connectivity index (χ0v) is 16.6. The van der Waals surface area contributed by atoms with Crippen molar-refractivity contribution in [2.45, 2.75) is 51.9 Å². The van der Waals surface area contributed by atoms with Crippen molar-refractivity contribution in [3.63, 3.8) is 0 Å². The lowest BCUT2D eigenvalue weighted by Crippen LogP contribution is -2.30. The van der Waals surface area contributed by atoms with Gasteiger partial charge in [-0.05, 0) is 72.4 Å². The van der Waals surface area contributed by atoms with E-state index in [4.69, 9.17) is 4.74 Å². The average molecular weight is 406 g/mol. The molecule has 0 amide bonds. The Bertz CT molecular complexity index is 864. The van der Waals surface area contributed by atoms with Crippen molar-refractivity contribution in [1.29, 1.82) is 0 Å². The molecule has 1 heterocycles. The Morgan fingerprint density at radius 2 is 1.55 bits per heavy atom. The van der Waals surface area contributed by atoms with E-state index in [0.717, 1.165) is 30.0 Å². The molecule has 1 aliphatic heterocycles. The van der Waals surface area contributed by atoms with Crippen LogP contribution in [0.3, 0.4) is 0 Å². The third kappa shape index (κ3) is 4.15. The van der Waals surface area contributed by atoms with Gasteiger partial charge in [0.1, 0.15) is 11.6 Å². The molecule has 0 spiro atoms. The van der Waals surface area contributed by atoms with Crippen molar-refractivity contribution in [3.05, 3.63) is 53.1 Å². The van der Waals surface area contributed by atoms with Gasteiger partial charge in [-0.3, -0.25) is 0 Å². The normalized spacial score (nSPS) is 24.1. The van der Waals surface area contributed by atoms with Gasteiger partial charge in [0.2, 0.25) is 0 Å². The predicted molar refractivity (Wildman–Crippen MR) is 105 cm³/mol. The maximum atomic E-state index is 14.7. The van der Waals surface area contributed by atoms with E-state index >= 15 is 0 Å². The third-order valence-corrected chi connectivity index (χ3v) is 6.64. The lowest BCUT2D eigenvalue weighted by atomic mass is 9.72. The molecule has 0 unspecified atom stereocenters. The first-order valence-electron chi connectivity index (χ1n) is 10.6. The molecule has 29 heavy (non-hydrogen) atoms. The molecule has 0 bridgehead atoms. The van der Waals surface area contributed by atoms with Crippen LogP contribution in [0.15, 0.2) is 24.3 Å². The van der Waals surface area contributed by atoms with E-state index in [2.05, 4.69) is 6.92 Å². The average Bonchev–Trinajstić information content (AvgIpc) is 2.71. The number of ether oxygens (including phenoxy) is 1. The van der Waals surface area contributed by atoms with Crippen LogP contribution < -0.4 is 4.74 Å². The molecule has 1 saturated carbocycles. The van der Waals surface area contributed by atoms with Crippen molar-refractivity contribution in [2.24, 2.45) is 17.8 Å². The topological polar surface area (TPSA) is 9.23 Å². The fraction of sp³-hybridized carbons (Fsp3) is 0.500. The molecule has 2 aromatic rings. The molecule has 4 rings (SSSR count). The quantitative estimate of drug-likeness (QED) is 0.390. The predicted octanol–water partition coefficient (Wildman–Crippen LogP) is 7.07. The Hall–Kier alpha value is -2.04. The monoisotopic (exact) mass is 406 g/mol. The molecule has 2 aliphatic rings. The minimum Gasteiger partial charge on any atom is -0.493 e. The first kappa shape index (κ1) is 20.2. The lowest BCUT2D eigenvalue weighted by Gasteiger charge is -2.36. The number of halogens is 4. The summed E-state index contributed by atoms with van der Waals surface area (Å²) in [5.41, 5.74) is 0.767. The van der Waals surface area contributed by atoms with Gasteiger partial charge in [0.15, 0.2) is 17.5 Å². The van der Waals surface area contributed by atoms with E-state index in [9.17, 15) is 17.6 Å². The minimum absolute atomic E-state index is 0.0140. The highest BCUT2D eigenvalue weighted by atomic mass is 19.2. The van der Waals surface area contributed by atoms with Crippen LogP contribution in [0, 0.1) is 41.0 Å². The summed E-state index contributed by atoms with van der Waals surface area (Å²) < 4.78 is 61.0. The zero-order valence-electron chi connectivity index (χ0n) is 16.6. The van der Waals surface area contributed by atoms with Gasteiger partial charge in [0, 0.05) is 5.56 Å². The standard InChI is InChI=1S/C24H26F4O/c1-2-3-14-4-6-15(7-5-14)18-8-17-11-20(25)19(12-23(17)29-13-18)16-9-21(26)24(28)22(27)10-16/h9-12,14-15,18H,2-8,13H2,1H3/t14?,15?,18-/m0/s1. The molecule has 1 fully saturated rings. The van der Waals surface area contributed by atoms with Crippen molar-refractivity contribution in [1.82, 2.24) is 0 Å². The van der Waals surface area contributed by atoms with Gasteiger partial charge in [-0.2, -0.15) is 0 Å². The second-order valence-corrected chi connectivity index (χ2v) is 8.54. The number of fused-ring (bicyclic) bond motifs is 1. The van der Waals surface area contributed by atoms with Gasteiger partial charge < -0.3 is 4.74 Å². The second-order valence-electron chi connectivity index (χ2n) is 8.54. The van der Waals surface area contributed by atoms with Crippen molar-refractivity contribution in [3.8, 4) is 16.9 Å². The van der Waals surface area contributed by atoms with Crippen LogP contribution in [0.5, 0.6) is 5.75 Å². The van der Waals surface area contributed by atoms with Crippen LogP contribution in [-0.2, 0) is 6.42 Å². The summed E-state index contributed by atoms with van der Waals surface area (Å²) in [6.07, 6.45) is 8.20. The zero-order chi connectivity index (χ0) is 20.5. The number of rotatable bonds is 4. The SMILES string of the molecule is CCCC1CCC([C@@H]2COc3cc(-c4cc(F)c(F)c(F)c4)c(F)cc3C2)CC1.